The minimum Gasteiger partial charge on any atom is -0.454 e. The van der Waals surface area contributed by atoms with E-state index >= 15 is 0 Å². The molecule has 2 N–H and O–H groups in total. The molecule has 3 heterocycles. The van der Waals surface area contributed by atoms with Gasteiger partial charge in [-0.25, -0.2) is 0 Å². The van der Waals surface area contributed by atoms with Gasteiger partial charge in [0.05, 0.1) is 0 Å². The number of guanidine groups is 1. The van der Waals surface area contributed by atoms with Crippen molar-refractivity contribution in [3.05, 3.63) is 23.8 Å². The number of nitrogens with zero attached hydrogens (tertiary/aromatic N) is 2. The molecule has 1 aromatic rings. The second-order valence-corrected chi connectivity index (χ2v) is 9.45. The van der Waals surface area contributed by atoms with Gasteiger partial charge in [-0.1, -0.05) is 18.9 Å². The second kappa shape index (κ2) is 10.8. The molecule has 32 heavy (non-hydrogen) atoms. The lowest BCUT2D eigenvalue weighted by Crippen LogP contribution is -2.50. The molecule has 7 nitrogen and oxygen atoms in total. The summed E-state index contributed by atoms with van der Waals surface area (Å²) in [5.74, 6) is 2.60. The molecular weight excluding hydrogens is 519 g/mol. The van der Waals surface area contributed by atoms with E-state index in [0.717, 1.165) is 62.6 Å². The standard InChI is InChI=1S/C24H36N4O3.HI/c1-25-23(27-19-8-11-28(15-19)20-4-2-3-5-20)26-16-24(9-12-29-13-10-24)18-6-7-21-22(14-18)31-17-30-21;/h6-7,14,19-20H,2-5,8-13,15-17H2,1H3,(H2,25,26,27);1H. The van der Waals surface area contributed by atoms with Gasteiger partial charge in [0.25, 0.3) is 0 Å². The Morgan fingerprint density at radius 3 is 2.69 bits per heavy atom. The van der Waals surface area contributed by atoms with Gasteiger partial charge < -0.3 is 24.8 Å². The molecule has 0 spiro atoms. The van der Waals surface area contributed by atoms with Gasteiger partial charge in [0.2, 0.25) is 6.79 Å². The molecular formula is C24H37IN4O3. The maximum atomic E-state index is 5.71. The molecule has 0 radical (unpaired) electrons. The van der Waals surface area contributed by atoms with E-state index in [9.17, 15) is 0 Å². The summed E-state index contributed by atoms with van der Waals surface area (Å²) in [5.41, 5.74) is 1.29. The third-order valence-corrected chi connectivity index (χ3v) is 7.65. The van der Waals surface area contributed by atoms with E-state index in [4.69, 9.17) is 14.2 Å². The molecule has 4 aliphatic rings. The largest absolute Gasteiger partial charge is 0.454 e. The molecule has 1 aliphatic carbocycles. The Hall–Kier alpha value is -1.26. The fourth-order valence-corrected chi connectivity index (χ4v) is 5.70. The van der Waals surface area contributed by atoms with E-state index in [1.54, 1.807) is 0 Å². The van der Waals surface area contributed by atoms with Crippen molar-refractivity contribution in [2.75, 3.05) is 46.7 Å². The Morgan fingerprint density at radius 2 is 1.91 bits per heavy atom. The Labute approximate surface area is 208 Å². The summed E-state index contributed by atoms with van der Waals surface area (Å²) in [4.78, 5) is 7.23. The number of ether oxygens (including phenoxy) is 3. The van der Waals surface area contributed by atoms with Crippen LogP contribution in [-0.2, 0) is 10.2 Å². The number of halogens is 1. The Bertz CT molecular complexity index is 793. The number of hydrogen-bond acceptors (Lipinski definition) is 5. The number of fused-ring (bicyclic) bond motifs is 1. The maximum Gasteiger partial charge on any atom is 0.231 e. The minimum atomic E-state index is 0. The van der Waals surface area contributed by atoms with E-state index in [2.05, 4.69) is 32.7 Å². The SMILES string of the molecule is CN=C(NCC1(c2ccc3c(c2)OCO3)CCOCC1)NC1CCN(C2CCCC2)C1.I. The molecule has 0 bridgehead atoms. The first kappa shape index (κ1) is 23.9. The topological polar surface area (TPSA) is 67.4 Å². The van der Waals surface area contributed by atoms with Crippen LogP contribution < -0.4 is 20.1 Å². The van der Waals surface area contributed by atoms with Gasteiger partial charge in [0.15, 0.2) is 17.5 Å². The molecule has 1 atom stereocenters. The third kappa shape index (κ3) is 5.12. The van der Waals surface area contributed by atoms with Gasteiger partial charge in [0, 0.05) is 57.4 Å². The summed E-state index contributed by atoms with van der Waals surface area (Å²) in [6.07, 6.45) is 8.70. The smallest absolute Gasteiger partial charge is 0.231 e. The highest BCUT2D eigenvalue weighted by Crippen LogP contribution is 2.40. The van der Waals surface area contributed by atoms with Crippen molar-refractivity contribution in [3.63, 3.8) is 0 Å². The van der Waals surface area contributed by atoms with Gasteiger partial charge in [-0.3, -0.25) is 9.89 Å². The first-order chi connectivity index (χ1) is 15.3. The van der Waals surface area contributed by atoms with Crippen LogP contribution in [0.15, 0.2) is 23.2 Å². The van der Waals surface area contributed by atoms with E-state index in [1.165, 1.54) is 44.2 Å². The van der Waals surface area contributed by atoms with E-state index in [1.807, 2.05) is 13.1 Å². The van der Waals surface area contributed by atoms with Gasteiger partial charge >= 0.3 is 0 Å². The zero-order valence-electron chi connectivity index (χ0n) is 19.1. The van der Waals surface area contributed by atoms with Crippen LogP contribution in [0.3, 0.4) is 0 Å². The van der Waals surface area contributed by atoms with Gasteiger partial charge in [-0.15, -0.1) is 24.0 Å². The summed E-state index contributed by atoms with van der Waals surface area (Å²) in [5, 5.41) is 7.34. The van der Waals surface area contributed by atoms with Crippen molar-refractivity contribution in [1.29, 1.82) is 0 Å². The summed E-state index contributed by atoms with van der Waals surface area (Å²) in [7, 11) is 1.87. The fourth-order valence-electron chi connectivity index (χ4n) is 5.70. The molecule has 1 unspecified atom stereocenters. The van der Waals surface area contributed by atoms with Gasteiger partial charge in [-0.05, 0) is 49.8 Å². The summed E-state index contributed by atoms with van der Waals surface area (Å²) < 4.78 is 16.9. The van der Waals surface area contributed by atoms with Crippen molar-refractivity contribution in [2.45, 2.75) is 62.4 Å². The molecule has 0 amide bonds. The highest BCUT2D eigenvalue weighted by molar-refractivity contribution is 14.0. The van der Waals surface area contributed by atoms with Crippen LogP contribution in [0.5, 0.6) is 11.5 Å². The quantitative estimate of drug-likeness (QED) is 0.330. The number of likely N-dealkylation sites (tertiary alicyclic amines) is 1. The van der Waals surface area contributed by atoms with Crippen LogP contribution in [0.1, 0.15) is 50.5 Å². The van der Waals surface area contributed by atoms with Crippen LogP contribution in [0.4, 0.5) is 0 Å². The molecule has 1 saturated carbocycles. The average Bonchev–Trinajstić information content (AvgIpc) is 3.58. The van der Waals surface area contributed by atoms with Crippen LogP contribution in [-0.4, -0.2) is 69.6 Å². The Morgan fingerprint density at radius 1 is 1.12 bits per heavy atom. The van der Waals surface area contributed by atoms with Crippen molar-refractivity contribution in [1.82, 2.24) is 15.5 Å². The van der Waals surface area contributed by atoms with Gasteiger partial charge in [0.1, 0.15) is 0 Å². The summed E-state index contributed by atoms with van der Waals surface area (Å²) in [6.45, 7) is 5.03. The zero-order chi connectivity index (χ0) is 21.1. The average molecular weight is 556 g/mol. The van der Waals surface area contributed by atoms with E-state index in [-0.39, 0.29) is 29.4 Å². The highest BCUT2D eigenvalue weighted by Gasteiger charge is 2.36. The first-order valence-electron chi connectivity index (χ1n) is 11.9. The van der Waals surface area contributed by atoms with Crippen molar-refractivity contribution >= 4 is 29.9 Å². The fraction of sp³-hybridized carbons (Fsp3) is 0.708. The number of hydrogen-bond donors (Lipinski definition) is 2. The summed E-state index contributed by atoms with van der Waals surface area (Å²) >= 11 is 0. The van der Waals surface area contributed by atoms with E-state index in [0.29, 0.717) is 12.8 Å². The van der Waals surface area contributed by atoms with Crippen LogP contribution in [0.2, 0.25) is 0 Å². The molecule has 8 heteroatoms. The van der Waals surface area contributed by atoms with Crippen LogP contribution in [0.25, 0.3) is 0 Å². The predicted molar refractivity (Wildman–Crippen MR) is 136 cm³/mol. The molecule has 3 aliphatic heterocycles. The monoisotopic (exact) mass is 556 g/mol. The van der Waals surface area contributed by atoms with Gasteiger partial charge in [-0.2, -0.15) is 0 Å². The minimum absolute atomic E-state index is 0. The summed E-state index contributed by atoms with van der Waals surface area (Å²) in [6, 6.07) is 7.66. The lowest BCUT2D eigenvalue weighted by Gasteiger charge is -2.38. The Balaban J connectivity index is 0.00000245. The van der Waals surface area contributed by atoms with Crippen molar-refractivity contribution in [2.24, 2.45) is 4.99 Å². The zero-order valence-corrected chi connectivity index (χ0v) is 21.4. The Kier molecular flexibility index (Phi) is 8.04. The van der Waals surface area contributed by atoms with Crippen LogP contribution >= 0.6 is 24.0 Å². The molecule has 5 rings (SSSR count). The normalized spacial score (nSPS) is 25.5. The number of aliphatic imine (C=N–C) groups is 1. The highest BCUT2D eigenvalue weighted by atomic mass is 127. The first-order valence-corrected chi connectivity index (χ1v) is 11.9. The third-order valence-electron chi connectivity index (χ3n) is 7.65. The number of rotatable bonds is 5. The number of nitrogens with one attached hydrogen (secondary N) is 2. The second-order valence-electron chi connectivity index (χ2n) is 9.45. The molecule has 2 saturated heterocycles. The predicted octanol–water partition coefficient (Wildman–Crippen LogP) is 3.26. The lowest BCUT2D eigenvalue weighted by molar-refractivity contribution is 0.0513. The molecule has 178 valence electrons. The maximum absolute atomic E-state index is 5.71. The van der Waals surface area contributed by atoms with E-state index < -0.39 is 0 Å². The number of benzene rings is 1. The lowest BCUT2D eigenvalue weighted by atomic mass is 9.74. The van der Waals surface area contributed by atoms with Crippen molar-refractivity contribution < 1.29 is 14.2 Å². The van der Waals surface area contributed by atoms with Crippen LogP contribution in [0, 0.1) is 0 Å². The molecule has 0 aromatic heterocycles. The molecule has 1 aromatic carbocycles. The van der Waals surface area contributed by atoms with Crippen molar-refractivity contribution in [3.8, 4) is 11.5 Å². The molecule has 3 fully saturated rings.